The Kier molecular flexibility index (Phi) is 5.77. The summed E-state index contributed by atoms with van der Waals surface area (Å²) in [4.78, 5) is 16.2. The van der Waals surface area contributed by atoms with Gasteiger partial charge in [-0.25, -0.2) is 23.0 Å². The number of cyclic esters (lactones) is 1. The lowest BCUT2D eigenvalue weighted by Crippen LogP contribution is -2.07. The van der Waals surface area contributed by atoms with Crippen LogP contribution in [0.2, 0.25) is 5.02 Å². The van der Waals surface area contributed by atoms with Crippen molar-refractivity contribution in [1.29, 1.82) is 0 Å². The van der Waals surface area contributed by atoms with Gasteiger partial charge in [0.2, 0.25) is 5.90 Å². The smallest absolute Gasteiger partial charge is 0.363 e. The summed E-state index contributed by atoms with van der Waals surface area (Å²) in [6.07, 6.45) is 1.46. The Labute approximate surface area is 180 Å². The van der Waals surface area contributed by atoms with E-state index in [-0.39, 0.29) is 34.6 Å². The van der Waals surface area contributed by atoms with Gasteiger partial charge in [-0.3, -0.25) is 0 Å². The fourth-order valence-corrected chi connectivity index (χ4v) is 3.09. The zero-order valence-electron chi connectivity index (χ0n) is 15.7. The van der Waals surface area contributed by atoms with Crippen molar-refractivity contribution >= 4 is 29.5 Å². The number of hydrogen-bond acceptors (Lipinski definition) is 4. The third kappa shape index (κ3) is 4.78. The van der Waals surface area contributed by atoms with Crippen LogP contribution < -0.4 is 4.74 Å². The van der Waals surface area contributed by atoms with E-state index in [9.17, 15) is 18.0 Å². The van der Waals surface area contributed by atoms with E-state index in [1.807, 2.05) is 0 Å². The molecule has 4 rings (SSSR count). The predicted octanol–water partition coefficient (Wildman–Crippen LogP) is 5.68. The van der Waals surface area contributed by atoms with Crippen molar-refractivity contribution in [2.45, 2.75) is 6.61 Å². The Morgan fingerprint density at radius 2 is 1.77 bits per heavy atom. The molecular weight excluding hydrogens is 431 g/mol. The summed E-state index contributed by atoms with van der Waals surface area (Å²) < 4.78 is 50.8. The van der Waals surface area contributed by atoms with Crippen molar-refractivity contribution < 1.29 is 27.4 Å². The van der Waals surface area contributed by atoms with Gasteiger partial charge in [-0.2, -0.15) is 0 Å². The van der Waals surface area contributed by atoms with E-state index in [0.29, 0.717) is 16.9 Å². The van der Waals surface area contributed by atoms with Crippen LogP contribution in [-0.4, -0.2) is 11.9 Å². The molecule has 31 heavy (non-hydrogen) atoms. The maximum absolute atomic E-state index is 13.5. The molecule has 1 aliphatic rings. The monoisotopic (exact) mass is 443 g/mol. The van der Waals surface area contributed by atoms with Crippen LogP contribution in [0, 0.1) is 17.5 Å². The first-order valence-corrected chi connectivity index (χ1v) is 9.41. The van der Waals surface area contributed by atoms with Crippen LogP contribution >= 0.6 is 11.6 Å². The number of carbonyl (C=O) groups is 1. The Morgan fingerprint density at radius 3 is 2.58 bits per heavy atom. The quantitative estimate of drug-likeness (QED) is 0.289. The SMILES string of the molecule is O=C1OC(c2cc(F)c(F)cc2Cl)=NC1=Cc1cccc(OCc2cccc(F)c2)c1. The number of halogens is 4. The van der Waals surface area contributed by atoms with Crippen LogP contribution in [0.4, 0.5) is 13.2 Å². The highest BCUT2D eigenvalue weighted by Gasteiger charge is 2.26. The van der Waals surface area contributed by atoms with Crippen molar-refractivity contribution in [3.05, 3.63) is 106 Å². The van der Waals surface area contributed by atoms with Crippen LogP contribution in [0.15, 0.2) is 71.4 Å². The zero-order valence-corrected chi connectivity index (χ0v) is 16.5. The average Bonchev–Trinajstić information content (AvgIpc) is 3.09. The lowest BCUT2D eigenvalue weighted by atomic mass is 10.2. The van der Waals surface area contributed by atoms with Gasteiger partial charge in [0.25, 0.3) is 0 Å². The van der Waals surface area contributed by atoms with Crippen LogP contribution in [-0.2, 0) is 16.1 Å². The van der Waals surface area contributed by atoms with Crippen LogP contribution in [0.3, 0.4) is 0 Å². The van der Waals surface area contributed by atoms with Gasteiger partial charge in [0.05, 0.1) is 10.6 Å². The molecule has 0 bridgehead atoms. The lowest BCUT2D eigenvalue weighted by Gasteiger charge is -2.07. The molecule has 0 aromatic heterocycles. The third-order valence-corrected chi connectivity index (χ3v) is 4.63. The number of hydrogen-bond donors (Lipinski definition) is 0. The molecule has 0 N–H and O–H groups in total. The van der Waals surface area contributed by atoms with Crippen molar-refractivity contribution in [1.82, 2.24) is 0 Å². The topological polar surface area (TPSA) is 47.9 Å². The number of carbonyl (C=O) groups excluding carboxylic acids is 1. The van der Waals surface area contributed by atoms with Crippen molar-refractivity contribution in [2.75, 3.05) is 0 Å². The second kappa shape index (κ2) is 8.65. The largest absolute Gasteiger partial charge is 0.489 e. The number of rotatable bonds is 5. The standard InChI is InChI=1S/C23H13ClF3NO3/c24-18-11-20(27)19(26)10-17(18)22-28-21(23(29)31-22)9-13-3-2-6-16(8-13)30-12-14-4-1-5-15(25)7-14/h1-11H,12H2. The molecule has 0 atom stereocenters. The van der Waals surface area contributed by atoms with E-state index in [1.54, 1.807) is 36.4 Å². The summed E-state index contributed by atoms with van der Waals surface area (Å²) in [5.41, 5.74) is 1.17. The number of nitrogens with zero attached hydrogens (tertiary/aromatic N) is 1. The van der Waals surface area contributed by atoms with Crippen LogP contribution in [0.1, 0.15) is 16.7 Å². The molecule has 156 valence electrons. The van der Waals surface area contributed by atoms with E-state index in [1.165, 1.54) is 18.2 Å². The fourth-order valence-electron chi connectivity index (χ4n) is 2.86. The minimum Gasteiger partial charge on any atom is -0.489 e. The highest BCUT2D eigenvalue weighted by molar-refractivity contribution is 6.34. The molecule has 0 radical (unpaired) electrons. The first kappa shape index (κ1) is 20.7. The number of esters is 1. The Bertz CT molecular complexity index is 1240. The van der Waals surface area contributed by atoms with Gasteiger partial charge in [-0.15, -0.1) is 0 Å². The van der Waals surface area contributed by atoms with Crippen LogP contribution in [0.25, 0.3) is 6.08 Å². The highest BCUT2D eigenvalue weighted by atomic mass is 35.5. The molecule has 0 aliphatic carbocycles. The third-order valence-electron chi connectivity index (χ3n) is 4.32. The summed E-state index contributed by atoms with van der Waals surface area (Å²) in [7, 11) is 0. The molecule has 0 amide bonds. The second-order valence-electron chi connectivity index (χ2n) is 6.57. The van der Waals surface area contributed by atoms with Gasteiger partial charge < -0.3 is 9.47 Å². The Hall–Kier alpha value is -3.58. The highest BCUT2D eigenvalue weighted by Crippen LogP contribution is 2.26. The molecule has 3 aromatic carbocycles. The molecule has 0 saturated carbocycles. The molecule has 3 aromatic rings. The number of ether oxygens (including phenoxy) is 2. The van der Waals surface area contributed by atoms with Gasteiger partial charge in [0.15, 0.2) is 17.3 Å². The maximum atomic E-state index is 13.5. The van der Waals surface area contributed by atoms with Crippen molar-refractivity contribution in [2.24, 2.45) is 4.99 Å². The van der Waals surface area contributed by atoms with Gasteiger partial charge in [0.1, 0.15) is 18.2 Å². The minimum atomic E-state index is -1.14. The van der Waals surface area contributed by atoms with Crippen molar-refractivity contribution in [3.8, 4) is 5.75 Å². The van der Waals surface area contributed by atoms with E-state index < -0.39 is 17.6 Å². The summed E-state index contributed by atoms with van der Waals surface area (Å²) in [6.45, 7) is 0.163. The lowest BCUT2D eigenvalue weighted by molar-refractivity contribution is -0.129. The predicted molar refractivity (Wildman–Crippen MR) is 109 cm³/mol. The Balaban J connectivity index is 1.55. The molecule has 1 heterocycles. The molecular formula is C23H13ClF3NO3. The summed E-state index contributed by atoms with van der Waals surface area (Å²) in [5, 5.41) is -0.139. The summed E-state index contributed by atoms with van der Waals surface area (Å²) in [6, 6.07) is 14.5. The minimum absolute atomic E-state index is 0.0375. The van der Waals surface area contributed by atoms with Gasteiger partial charge in [-0.05, 0) is 53.6 Å². The first-order chi connectivity index (χ1) is 14.9. The molecule has 1 aliphatic heterocycles. The number of benzene rings is 3. The molecule has 0 saturated heterocycles. The van der Waals surface area contributed by atoms with Gasteiger partial charge >= 0.3 is 5.97 Å². The summed E-state index contributed by atoms with van der Waals surface area (Å²) in [5.74, 6) is -3.10. The molecule has 0 unspecified atom stereocenters. The molecule has 8 heteroatoms. The second-order valence-corrected chi connectivity index (χ2v) is 6.98. The Morgan fingerprint density at radius 1 is 1.00 bits per heavy atom. The average molecular weight is 444 g/mol. The van der Waals surface area contributed by atoms with E-state index in [0.717, 1.165) is 12.1 Å². The van der Waals surface area contributed by atoms with Gasteiger partial charge in [-0.1, -0.05) is 35.9 Å². The zero-order chi connectivity index (χ0) is 22.0. The summed E-state index contributed by atoms with van der Waals surface area (Å²) >= 11 is 5.91. The fraction of sp³-hybridized carbons (Fsp3) is 0.0435. The van der Waals surface area contributed by atoms with E-state index in [2.05, 4.69) is 4.99 Å². The maximum Gasteiger partial charge on any atom is 0.363 e. The van der Waals surface area contributed by atoms with Gasteiger partial charge in [0, 0.05) is 0 Å². The van der Waals surface area contributed by atoms with Crippen molar-refractivity contribution in [3.63, 3.8) is 0 Å². The first-order valence-electron chi connectivity index (χ1n) is 9.04. The number of aliphatic imine (C=N–C) groups is 1. The molecule has 0 spiro atoms. The van der Waals surface area contributed by atoms with E-state index >= 15 is 0 Å². The van der Waals surface area contributed by atoms with E-state index in [4.69, 9.17) is 21.1 Å². The van der Waals surface area contributed by atoms with Crippen LogP contribution in [0.5, 0.6) is 5.75 Å². The molecule has 0 fully saturated rings. The molecule has 4 nitrogen and oxygen atoms in total. The normalized spacial score (nSPS) is 14.5.